The van der Waals surface area contributed by atoms with Crippen LogP contribution in [0, 0.1) is 5.82 Å². The molecule has 3 N–H and O–H groups in total. The molecule has 1 heterocycles. The molecule has 6 heteroatoms. The van der Waals surface area contributed by atoms with Gasteiger partial charge in [-0.15, -0.1) is 11.3 Å². The summed E-state index contributed by atoms with van der Waals surface area (Å²) in [6.07, 6.45) is 0.950. The van der Waals surface area contributed by atoms with Crippen LogP contribution in [0.1, 0.15) is 28.3 Å². The SMILES string of the molecule is CCc1ccc(C(NN)c2ccc(Br)c(Cl)c2F)s1. The second-order valence-electron chi connectivity index (χ2n) is 4.02. The third-order valence-electron chi connectivity index (χ3n) is 2.86. The Hall–Kier alpha value is -0.460. The van der Waals surface area contributed by atoms with E-state index in [4.69, 9.17) is 17.4 Å². The highest BCUT2D eigenvalue weighted by Gasteiger charge is 2.21. The number of benzene rings is 1. The Balaban J connectivity index is 2.45. The highest BCUT2D eigenvalue weighted by molar-refractivity contribution is 9.10. The summed E-state index contributed by atoms with van der Waals surface area (Å²) in [7, 11) is 0. The van der Waals surface area contributed by atoms with Crippen molar-refractivity contribution in [2.45, 2.75) is 19.4 Å². The molecule has 0 amide bonds. The molecular weight excluding hydrogens is 351 g/mol. The zero-order chi connectivity index (χ0) is 14.0. The molecule has 0 saturated carbocycles. The van der Waals surface area contributed by atoms with Crippen LogP contribution in [0.15, 0.2) is 28.7 Å². The van der Waals surface area contributed by atoms with Gasteiger partial charge in [-0.05, 0) is 40.5 Å². The number of hydrogen-bond donors (Lipinski definition) is 2. The fourth-order valence-corrected chi connectivity index (χ4v) is 3.34. The Morgan fingerprint density at radius 2 is 2.16 bits per heavy atom. The van der Waals surface area contributed by atoms with Gasteiger partial charge in [-0.2, -0.15) is 0 Å². The zero-order valence-electron chi connectivity index (χ0n) is 10.2. The summed E-state index contributed by atoms with van der Waals surface area (Å²) in [5, 5.41) is 0.0741. The van der Waals surface area contributed by atoms with Crippen LogP contribution in [0.3, 0.4) is 0 Å². The smallest absolute Gasteiger partial charge is 0.148 e. The van der Waals surface area contributed by atoms with Gasteiger partial charge in [-0.3, -0.25) is 5.84 Å². The van der Waals surface area contributed by atoms with E-state index in [0.29, 0.717) is 10.0 Å². The minimum atomic E-state index is -0.453. The average molecular weight is 364 g/mol. The van der Waals surface area contributed by atoms with Gasteiger partial charge in [0.2, 0.25) is 0 Å². The Bertz CT molecular complexity index is 588. The number of hydrazine groups is 1. The molecule has 0 bridgehead atoms. The van der Waals surface area contributed by atoms with Gasteiger partial charge < -0.3 is 0 Å². The summed E-state index contributed by atoms with van der Waals surface area (Å²) in [4.78, 5) is 2.20. The van der Waals surface area contributed by atoms with Crippen LogP contribution in [-0.4, -0.2) is 0 Å². The molecule has 0 fully saturated rings. The van der Waals surface area contributed by atoms with Crippen LogP contribution in [0.5, 0.6) is 0 Å². The van der Waals surface area contributed by atoms with Gasteiger partial charge in [-0.1, -0.05) is 24.6 Å². The molecule has 1 aromatic heterocycles. The van der Waals surface area contributed by atoms with Crippen molar-refractivity contribution in [2.24, 2.45) is 5.84 Å². The van der Waals surface area contributed by atoms with E-state index in [-0.39, 0.29) is 5.02 Å². The topological polar surface area (TPSA) is 38.0 Å². The highest BCUT2D eigenvalue weighted by atomic mass is 79.9. The molecule has 2 rings (SSSR count). The molecule has 1 atom stereocenters. The Labute approximate surface area is 128 Å². The minimum absolute atomic E-state index is 0.0741. The van der Waals surface area contributed by atoms with Gasteiger partial charge in [0, 0.05) is 19.8 Å². The third kappa shape index (κ3) is 3.01. The predicted octanol–water partition coefficient (Wildman–Crippen LogP) is 4.42. The van der Waals surface area contributed by atoms with Crippen LogP contribution >= 0.6 is 38.9 Å². The molecular formula is C13H13BrClFN2S. The summed E-state index contributed by atoms with van der Waals surface area (Å²) >= 11 is 10.7. The lowest BCUT2D eigenvalue weighted by Crippen LogP contribution is -2.29. The highest BCUT2D eigenvalue weighted by Crippen LogP contribution is 2.34. The number of nitrogens with two attached hydrogens (primary N) is 1. The maximum absolute atomic E-state index is 14.2. The van der Waals surface area contributed by atoms with Crippen molar-refractivity contribution in [1.29, 1.82) is 0 Å². The van der Waals surface area contributed by atoms with Crippen LogP contribution < -0.4 is 11.3 Å². The second kappa shape index (κ2) is 6.33. The summed E-state index contributed by atoms with van der Waals surface area (Å²) in [5.74, 6) is 5.13. The maximum atomic E-state index is 14.2. The number of aryl methyl sites for hydroxylation is 1. The van der Waals surface area contributed by atoms with E-state index in [1.165, 1.54) is 4.88 Å². The molecule has 0 radical (unpaired) electrons. The van der Waals surface area contributed by atoms with E-state index < -0.39 is 11.9 Å². The van der Waals surface area contributed by atoms with Gasteiger partial charge in [-0.25, -0.2) is 9.82 Å². The van der Waals surface area contributed by atoms with Crippen LogP contribution in [-0.2, 0) is 6.42 Å². The van der Waals surface area contributed by atoms with Gasteiger partial charge in [0.25, 0.3) is 0 Å². The lowest BCUT2D eigenvalue weighted by Gasteiger charge is -2.16. The summed E-state index contributed by atoms with van der Waals surface area (Å²) in [6, 6.07) is 7.00. The van der Waals surface area contributed by atoms with Crippen LogP contribution in [0.25, 0.3) is 0 Å². The number of halogens is 3. The van der Waals surface area contributed by atoms with Crippen molar-refractivity contribution >= 4 is 38.9 Å². The molecule has 1 unspecified atom stereocenters. The average Bonchev–Trinajstić information content (AvgIpc) is 2.88. The molecule has 19 heavy (non-hydrogen) atoms. The first-order valence-electron chi connectivity index (χ1n) is 5.76. The van der Waals surface area contributed by atoms with Crippen molar-refractivity contribution in [3.05, 3.63) is 54.9 Å². The van der Waals surface area contributed by atoms with Crippen molar-refractivity contribution < 1.29 is 4.39 Å². The fourth-order valence-electron chi connectivity index (χ4n) is 1.83. The number of hydrogen-bond acceptors (Lipinski definition) is 3. The number of rotatable bonds is 4. The first-order chi connectivity index (χ1) is 9.08. The van der Waals surface area contributed by atoms with E-state index in [2.05, 4.69) is 28.3 Å². The molecule has 0 aliphatic rings. The molecule has 102 valence electrons. The normalized spacial score (nSPS) is 12.7. The summed E-state index contributed by atoms with van der Waals surface area (Å²) in [6.45, 7) is 2.08. The Morgan fingerprint density at radius 1 is 1.42 bits per heavy atom. The standard InChI is InChI=1S/C13H13BrClFN2S/c1-2-7-3-6-10(19-7)13(18-17)8-4-5-9(14)11(15)12(8)16/h3-6,13,18H,2,17H2,1H3. The molecule has 0 aliphatic heterocycles. The van der Waals surface area contributed by atoms with E-state index in [9.17, 15) is 4.39 Å². The van der Waals surface area contributed by atoms with Crippen molar-refractivity contribution in [3.8, 4) is 0 Å². The maximum Gasteiger partial charge on any atom is 0.148 e. The van der Waals surface area contributed by atoms with Gasteiger partial charge in [0.1, 0.15) is 5.82 Å². The molecule has 2 nitrogen and oxygen atoms in total. The summed E-state index contributed by atoms with van der Waals surface area (Å²) in [5.41, 5.74) is 3.10. The molecule has 0 spiro atoms. The van der Waals surface area contributed by atoms with Gasteiger partial charge >= 0.3 is 0 Å². The molecule has 0 aliphatic carbocycles. The van der Waals surface area contributed by atoms with Crippen molar-refractivity contribution in [2.75, 3.05) is 0 Å². The predicted molar refractivity (Wildman–Crippen MR) is 82.0 cm³/mol. The summed E-state index contributed by atoms with van der Waals surface area (Å²) < 4.78 is 14.8. The number of thiophene rings is 1. The van der Waals surface area contributed by atoms with Crippen LogP contribution in [0.2, 0.25) is 5.02 Å². The van der Waals surface area contributed by atoms with E-state index in [1.807, 2.05) is 12.1 Å². The van der Waals surface area contributed by atoms with Crippen LogP contribution in [0.4, 0.5) is 4.39 Å². The van der Waals surface area contributed by atoms with Crippen molar-refractivity contribution in [3.63, 3.8) is 0 Å². The largest absolute Gasteiger partial charge is 0.271 e. The van der Waals surface area contributed by atoms with Crippen molar-refractivity contribution in [1.82, 2.24) is 5.43 Å². The lowest BCUT2D eigenvalue weighted by atomic mass is 10.1. The molecule has 1 aromatic carbocycles. The Kier molecular flexibility index (Phi) is 4.97. The fraction of sp³-hybridized carbons (Fsp3) is 0.231. The third-order valence-corrected chi connectivity index (χ3v) is 5.41. The lowest BCUT2D eigenvalue weighted by molar-refractivity contribution is 0.564. The van der Waals surface area contributed by atoms with E-state index in [0.717, 1.165) is 11.3 Å². The zero-order valence-corrected chi connectivity index (χ0v) is 13.4. The second-order valence-corrected chi connectivity index (χ2v) is 6.45. The van der Waals surface area contributed by atoms with Gasteiger partial charge in [0.05, 0.1) is 11.1 Å². The van der Waals surface area contributed by atoms with E-state index in [1.54, 1.807) is 23.5 Å². The quantitative estimate of drug-likeness (QED) is 0.479. The number of nitrogens with one attached hydrogen (secondary N) is 1. The first kappa shape index (κ1) is 14.9. The minimum Gasteiger partial charge on any atom is -0.271 e. The molecule has 0 saturated heterocycles. The first-order valence-corrected chi connectivity index (χ1v) is 7.75. The monoisotopic (exact) mass is 362 g/mol. The van der Waals surface area contributed by atoms with E-state index >= 15 is 0 Å². The van der Waals surface area contributed by atoms with Gasteiger partial charge in [0.15, 0.2) is 0 Å². The molecule has 2 aromatic rings. The Morgan fingerprint density at radius 3 is 2.74 bits per heavy atom.